The van der Waals surface area contributed by atoms with Crippen molar-refractivity contribution in [3.63, 3.8) is 0 Å². The third-order valence-electron chi connectivity index (χ3n) is 3.90. The van der Waals surface area contributed by atoms with Gasteiger partial charge in [-0.25, -0.2) is 0 Å². The molecular weight excluding hydrogens is 300 g/mol. The highest BCUT2D eigenvalue weighted by molar-refractivity contribution is 6.01. The van der Waals surface area contributed by atoms with Crippen LogP contribution in [0.3, 0.4) is 0 Å². The van der Waals surface area contributed by atoms with Crippen LogP contribution in [-0.4, -0.2) is 29.8 Å². The lowest BCUT2D eigenvalue weighted by molar-refractivity contribution is -0.138. The summed E-state index contributed by atoms with van der Waals surface area (Å²) >= 11 is 0. The molecule has 2 aromatic rings. The number of benzene rings is 2. The second kappa shape index (κ2) is 9.63. The van der Waals surface area contributed by atoms with Gasteiger partial charge in [0.1, 0.15) is 0 Å². The Morgan fingerprint density at radius 2 is 1.21 bits per heavy atom. The maximum Gasteiger partial charge on any atom is 0.229 e. The summed E-state index contributed by atoms with van der Waals surface area (Å²) in [5.74, 6) is -0.0631. The smallest absolute Gasteiger partial charge is 0.229 e. The fraction of sp³-hybridized carbons (Fsp3) is 0.300. The van der Waals surface area contributed by atoms with E-state index in [1.807, 2.05) is 48.5 Å². The zero-order valence-corrected chi connectivity index (χ0v) is 13.9. The van der Waals surface area contributed by atoms with Crippen LogP contribution in [0.5, 0.6) is 0 Å². The molecule has 1 aliphatic rings. The van der Waals surface area contributed by atoms with E-state index in [0.29, 0.717) is 19.4 Å². The van der Waals surface area contributed by atoms with Crippen molar-refractivity contribution >= 4 is 11.8 Å². The van der Waals surface area contributed by atoms with Crippen molar-refractivity contribution in [2.24, 2.45) is 5.73 Å². The molecule has 4 heteroatoms. The first-order valence-electron chi connectivity index (χ1n) is 8.32. The lowest BCUT2D eigenvalue weighted by Crippen LogP contribution is -2.31. The van der Waals surface area contributed by atoms with Gasteiger partial charge in [0.2, 0.25) is 11.8 Å². The lowest BCUT2D eigenvalue weighted by Gasteiger charge is -2.13. The Hall–Kier alpha value is -2.46. The molecule has 0 saturated carbocycles. The summed E-state index contributed by atoms with van der Waals surface area (Å²) in [6, 6.07) is 20.1. The van der Waals surface area contributed by atoms with Crippen LogP contribution in [0.4, 0.5) is 0 Å². The van der Waals surface area contributed by atoms with Gasteiger partial charge in [0, 0.05) is 19.4 Å². The average molecular weight is 324 g/mol. The van der Waals surface area contributed by atoms with Crippen LogP contribution in [0.1, 0.15) is 24.0 Å². The van der Waals surface area contributed by atoms with E-state index in [0.717, 1.165) is 24.9 Å². The minimum Gasteiger partial charge on any atom is -0.330 e. The number of carbonyl (C=O) groups is 2. The SMILES string of the molecule is NCCc1ccccc1.O=C1CCC(=O)N1CCc1ccccc1. The monoisotopic (exact) mass is 324 g/mol. The molecule has 0 bridgehead atoms. The number of nitrogens with zero attached hydrogens (tertiary/aromatic N) is 1. The molecule has 0 radical (unpaired) electrons. The number of carbonyl (C=O) groups excluding carboxylic acids is 2. The molecule has 24 heavy (non-hydrogen) atoms. The molecule has 0 spiro atoms. The number of amides is 2. The average Bonchev–Trinajstić information content (AvgIpc) is 2.94. The molecular formula is C20H24N2O2. The predicted octanol–water partition coefficient (Wildman–Crippen LogP) is 2.57. The first kappa shape index (κ1) is 17.9. The van der Waals surface area contributed by atoms with Gasteiger partial charge < -0.3 is 5.73 Å². The van der Waals surface area contributed by atoms with Gasteiger partial charge in [0.25, 0.3) is 0 Å². The van der Waals surface area contributed by atoms with Crippen LogP contribution >= 0.6 is 0 Å². The Bertz CT molecular complexity index is 625. The van der Waals surface area contributed by atoms with Crippen molar-refractivity contribution in [1.82, 2.24) is 4.90 Å². The lowest BCUT2D eigenvalue weighted by atomic mass is 10.1. The maximum atomic E-state index is 11.3. The molecule has 0 atom stereocenters. The highest BCUT2D eigenvalue weighted by Crippen LogP contribution is 2.12. The first-order valence-corrected chi connectivity index (χ1v) is 8.32. The van der Waals surface area contributed by atoms with Gasteiger partial charge in [-0.3, -0.25) is 14.5 Å². The zero-order chi connectivity index (χ0) is 17.2. The number of hydrogen-bond acceptors (Lipinski definition) is 3. The molecule has 0 aliphatic carbocycles. The summed E-state index contributed by atoms with van der Waals surface area (Å²) in [5, 5.41) is 0. The van der Waals surface area contributed by atoms with Crippen molar-refractivity contribution in [1.29, 1.82) is 0 Å². The van der Waals surface area contributed by atoms with Gasteiger partial charge in [-0.1, -0.05) is 60.7 Å². The molecule has 3 rings (SSSR count). The summed E-state index contributed by atoms with van der Waals surface area (Å²) in [5.41, 5.74) is 7.84. The highest BCUT2D eigenvalue weighted by Gasteiger charge is 2.27. The normalized spacial score (nSPS) is 13.6. The Kier molecular flexibility index (Phi) is 7.18. The molecule has 4 nitrogen and oxygen atoms in total. The molecule has 2 amide bonds. The van der Waals surface area contributed by atoms with Crippen molar-refractivity contribution in [3.8, 4) is 0 Å². The topological polar surface area (TPSA) is 63.4 Å². The summed E-state index contributed by atoms with van der Waals surface area (Å²) in [7, 11) is 0. The minimum atomic E-state index is -0.0315. The predicted molar refractivity (Wildman–Crippen MR) is 95.3 cm³/mol. The van der Waals surface area contributed by atoms with E-state index >= 15 is 0 Å². The number of rotatable bonds is 5. The molecule has 2 aromatic carbocycles. The third-order valence-corrected chi connectivity index (χ3v) is 3.90. The quantitative estimate of drug-likeness (QED) is 0.860. The summed E-state index contributed by atoms with van der Waals surface area (Å²) in [6.07, 6.45) is 2.50. The minimum absolute atomic E-state index is 0.0315. The van der Waals surface area contributed by atoms with E-state index in [1.54, 1.807) is 0 Å². The molecule has 0 aromatic heterocycles. The third kappa shape index (κ3) is 5.63. The van der Waals surface area contributed by atoms with Gasteiger partial charge in [0.05, 0.1) is 0 Å². The van der Waals surface area contributed by atoms with Crippen LogP contribution in [-0.2, 0) is 22.4 Å². The van der Waals surface area contributed by atoms with E-state index < -0.39 is 0 Å². The van der Waals surface area contributed by atoms with Crippen LogP contribution in [0, 0.1) is 0 Å². The van der Waals surface area contributed by atoms with E-state index in [-0.39, 0.29) is 11.8 Å². The zero-order valence-electron chi connectivity index (χ0n) is 13.9. The van der Waals surface area contributed by atoms with E-state index in [4.69, 9.17) is 5.73 Å². The second-order valence-corrected chi connectivity index (χ2v) is 5.70. The van der Waals surface area contributed by atoms with E-state index in [1.165, 1.54) is 10.5 Å². The Morgan fingerprint density at radius 3 is 1.67 bits per heavy atom. The first-order chi connectivity index (χ1) is 11.7. The summed E-state index contributed by atoms with van der Waals surface area (Å²) < 4.78 is 0. The van der Waals surface area contributed by atoms with Gasteiger partial charge in [-0.2, -0.15) is 0 Å². The van der Waals surface area contributed by atoms with Crippen LogP contribution in [0.25, 0.3) is 0 Å². The van der Waals surface area contributed by atoms with Gasteiger partial charge in [-0.15, -0.1) is 0 Å². The van der Waals surface area contributed by atoms with Crippen molar-refractivity contribution < 1.29 is 9.59 Å². The highest BCUT2D eigenvalue weighted by atomic mass is 16.2. The Balaban J connectivity index is 0.000000198. The van der Waals surface area contributed by atoms with E-state index in [9.17, 15) is 9.59 Å². The molecule has 1 heterocycles. The Labute approximate surface area is 143 Å². The molecule has 0 unspecified atom stereocenters. The fourth-order valence-corrected chi connectivity index (χ4v) is 2.57. The van der Waals surface area contributed by atoms with Crippen molar-refractivity contribution in [2.45, 2.75) is 25.7 Å². The molecule has 1 aliphatic heterocycles. The largest absolute Gasteiger partial charge is 0.330 e. The molecule has 1 fully saturated rings. The van der Waals surface area contributed by atoms with Crippen LogP contribution in [0.15, 0.2) is 60.7 Å². The van der Waals surface area contributed by atoms with Gasteiger partial charge in [-0.05, 0) is 30.5 Å². The van der Waals surface area contributed by atoms with Gasteiger partial charge in [0.15, 0.2) is 0 Å². The number of likely N-dealkylation sites (tertiary alicyclic amines) is 1. The Morgan fingerprint density at radius 1 is 0.750 bits per heavy atom. The number of imide groups is 1. The van der Waals surface area contributed by atoms with E-state index in [2.05, 4.69) is 12.1 Å². The maximum absolute atomic E-state index is 11.3. The molecule has 126 valence electrons. The van der Waals surface area contributed by atoms with Gasteiger partial charge >= 0.3 is 0 Å². The number of nitrogens with two attached hydrogens (primary N) is 1. The summed E-state index contributed by atoms with van der Waals surface area (Å²) in [4.78, 5) is 24.0. The molecule has 2 N–H and O–H groups in total. The standard InChI is InChI=1S/C12H13NO2.C8H11N/c14-11-6-7-12(15)13(11)9-8-10-4-2-1-3-5-10;9-7-6-8-4-2-1-3-5-8/h1-5H,6-9H2;1-5H,6-7,9H2. The van der Waals surface area contributed by atoms with Crippen LogP contribution in [0.2, 0.25) is 0 Å². The second-order valence-electron chi connectivity index (χ2n) is 5.70. The van der Waals surface area contributed by atoms with Crippen LogP contribution < -0.4 is 5.73 Å². The summed E-state index contributed by atoms with van der Waals surface area (Å²) in [6.45, 7) is 1.26. The van der Waals surface area contributed by atoms with Crippen molar-refractivity contribution in [3.05, 3.63) is 71.8 Å². The number of hydrogen-bond donors (Lipinski definition) is 1. The van der Waals surface area contributed by atoms with Crippen molar-refractivity contribution in [2.75, 3.05) is 13.1 Å². The molecule has 1 saturated heterocycles. The fourth-order valence-electron chi connectivity index (χ4n) is 2.57.